The number of carboxylic acids is 1. The van der Waals surface area contributed by atoms with E-state index in [-0.39, 0.29) is 44.9 Å². The summed E-state index contributed by atoms with van der Waals surface area (Å²) in [5.41, 5.74) is 23.3. The number of aliphatic hydroxyl groups excluding tert-OH is 2. The number of carbonyl (C=O) groups is 10. The molecule has 0 radical (unpaired) electrons. The highest BCUT2D eigenvalue weighted by Gasteiger charge is 2.37. The molecule has 1 aromatic heterocycles. The number of benzene rings is 1. The van der Waals surface area contributed by atoms with Gasteiger partial charge in [-0.2, -0.15) is 0 Å². The molecule has 0 bridgehead atoms. The third-order valence-corrected chi connectivity index (χ3v) is 12.3. The topological polar surface area (TPSA) is 476 Å². The molecule has 29 heteroatoms. The van der Waals surface area contributed by atoms with Gasteiger partial charge in [0.15, 0.2) is 5.96 Å². The first-order valence-corrected chi connectivity index (χ1v) is 25.5. The second-order valence-corrected chi connectivity index (χ2v) is 19.2. The fraction of sp³-hybridized carbons (Fsp3) is 0.592. The van der Waals surface area contributed by atoms with E-state index >= 15 is 0 Å². The molecule has 11 atom stereocenters. The summed E-state index contributed by atoms with van der Waals surface area (Å²) in [7, 11) is 0. The Hall–Kier alpha value is -7.76. The number of nitrogens with two attached hydrogens (primary N) is 4. The number of imidazole rings is 1. The van der Waals surface area contributed by atoms with Crippen molar-refractivity contribution in [2.45, 2.75) is 141 Å². The minimum absolute atomic E-state index is 0.0925. The summed E-state index contributed by atoms with van der Waals surface area (Å²) in [6.45, 7) is 8.80. The molecule has 1 aromatic carbocycles. The van der Waals surface area contributed by atoms with Gasteiger partial charge in [-0.1, -0.05) is 64.4 Å². The molecule has 9 amide bonds. The maximum Gasteiger partial charge on any atom is 0.326 e. The van der Waals surface area contributed by atoms with Crippen LogP contribution < -0.4 is 65.5 Å². The number of aromatic amines is 1. The molecule has 2 aromatic rings. The number of nitrogens with zero attached hydrogens (tertiary/aromatic N) is 3. The quantitative estimate of drug-likeness (QED) is 0.0177. The van der Waals surface area contributed by atoms with Crippen molar-refractivity contribution in [2.24, 2.45) is 39.8 Å². The molecule has 20 N–H and O–H groups in total. The highest BCUT2D eigenvalue weighted by molar-refractivity contribution is 5.98. The molecule has 0 aliphatic carbocycles. The first-order valence-electron chi connectivity index (χ1n) is 25.5. The highest BCUT2D eigenvalue weighted by atomic mass is 16.4. The number of carbonyl (C=O) groups excluding carboxylic acids is 9. The fourth-order valence-corrected chi connectivity index (χ4v) is 7.48. The van der Waals surface area contributed by atoms with Crippen molar-refractivity contribution in [3.8, 4) is 0 Å². The lowest BCUT2D eigenvalue weighted by Crippen LogP contribution is -2.62. The molecule has 29 nitrogen and oxygen atoms in total. The Kier molecular flexibility index (Phi) is 28.4. The number of aliphatic imine (C=N–C) groups is 1. The number of hydrogen-bond acceptors (Lipinski definition) is 16. The standard InChI is InChI=1S/C49H80N16O13/c1-8-26(4)38(46(75)62-37(25(2)3)48(77)78)61-35(68)23-65(18-16-50)36(69)22-56-45(74)39(28(6)66)64-47(76)40(29(7)67)63-44(73)34(20-31-21-54-24-57-31)60-43(72)33(19-30-13-10-9-11-14-30)59-41(70)27(5)58-42(71)32(51)15-12-17-55-49(52)53/h9-11,13-14,21,24-29,32-34,37-40,66-67H,8,12,15-20,22-23,50-51H2,1-7H3,(H,54,57)(H,56,74)(H,58,71)(H,59,70)(H,60,72)(H,61,68)(H,62,75)(H,63,73)(H,64,76)(H,77,78)(H4,52,53,55)/t26?,27-,28+,29+,32-,33+,34-,37+,38-,39-,40-/m0/s1. The Morgan fingerprint density at radius 1 is 0.705 bits per heavy atom. The maximum atomic E-state index is 14.2. The van der Waals surface area contributed by atoms with Gasteiger partial charge in [-0.3, -0.25) is 48.1 Å². The Morgan fingerprint density at radius 3 is 1.82 bits per heavy atom. The highest BCUT2D eigenvalue weighted by Crippen LogP contribution is 2.12. The molecule has 78 heavy (non-hydrogen) atoms. The van der Waals surface area contributed by atoms with Crippen LogP contribution in [-0.4, -0.2) is 189 Å². The number of H-pyrrole nitrogens is 1. The van der Waals surface area contributed by atoms with Gasteiger partial charge < -0.3 is 90.7 Å². The van der Waals surface area contributed by atoms with Gasteiger partial charge in [0.05, 0.1) is 37.7 Å². The van der Waals surface area contributed by atoms with Crippen LogP contribution in [0, 0.1) is 11.8 Å². The molecular weight excluding hydrogens is 1020 g/mol. The summed E-state index contributed by atoms with van der Waals surface area (Å²) in [5.74, 6) is -10.3. The van der Waals surface area contributed by atoms with Crippen LogP contribution >= 0.6 is 0 Å². The van der Waals surface area contributed by atoms with Crippen molar-refractivity contribution in [3.05, 3.63) is 54.1 Å². The van der Waals surface area contributed by atoms with Gasteiger partial charge in [0.1, 0.15) is 42.3 Å². The second kappa shape index (κ2) is 33.4. The number of aliphatic hydroxyl groups is 2. The van der Waals surface area contributed by atoms with Crippen LogP contribution in [0.15, 0.2) is 47.8 Å². The normalized spacial score (nSPS) is 15.3. The summed E-state index contributed by atoms with van der Waals surface area (Å²) in [4.78, 5) is 145. The van der Waals surface area contributed by atoms with E-state index in [1.165, 1.54) is 19.4 Å². The number of aliphatic carboxylic acids is 1. The molecule has 1 heterocycles. The van der Waals surface area contributed by atoms with E-state index < -0.39 is 145 Å². The second-order valence-electron chi connectivity index (χ2n) is 19.2. The first kappa shape index (κ1) is 66.4. The molecule has 0 spiro atoms. The third-order valence-electron chi connectivity index (χ3n) is 12.3. The molecule has 0 aliphatic heterocycles. The smallest absolute Gasteiger partial charge is 0.326 e. The minimum atomic E-state index is -1.84. The largest absolute Gasteiger partial charge is 0.480 e. The number of hydrogen-bond donors (Lipinski definition) is 16. The summed E-state index contributed by atoms with van der Waals surface area (Å²) >= 11 is 0. The van der Waals surface area contributed by atoms with Crippen LogP contribution in [0.2, 0.25) is 0 Å². The van der Waals surface area contributed by atoms with Crippen LogP contribution in [0.3, 0.4) is 0 Å². The van der Waals surface area contributed by atoms with Crippen molar-refractivity contribution in [3.63, 3.8) is 0 Å². The van der Waals surface area contributed by atoms with Gasteiger partial charge in [-0.15, -0.1) is 0 Å². The SMILES string of the molecule is CCC(C)[C@H](NC(=O)CN(CCN)C(=O)CNC(=O)[C@@H](NC(=O)[C@@H](NC(=O)[C@H](Cc1cnc[nH]1)NC(=O)[C@@H](Cc1ccccc1)NC(=O)[C@H](C)NC(=O)[C@@H](N)CCCN=C(N)N)[C@@H](C)O)[C@@H](C)O)C(=O)N[C@@H](C(=O)O)C(C)C. The lowest BCUT2D eigenvalue weighted by molar-refractivity contribution is -0.144. The molecular formula is C49H80N16O13. The molecule has 1 unspecified atom stereocenters. The van der Waals surface area contributed by atoms with Crippen molar-refractivity contribution >= 4 is 65.1 Å². The van der Waals surface area contributed by atoms with E-state index in [0.717, 1.165) is 18.7 Å². The Bertz CT molecular complexity index is 2330. The van der Waals surface area contributed by atoms with E-state index in [1.807, 2.05) is 0 Å². The monoisotopic (exact) mass is 1100 g/mol. The summed E-state index contributed by atoms with van der Waals surface area (Å²) in [6.07, 6.45) is -0.00666. The van der Waals surface area contributed by atoms with Gasteiger partial charge in [0.25, 0.3) is 0 Å². The lowest BCUT2D eigenvalue weighted by Gasteiger charge is -2.29. The van der Waals surface area contributed by atoms with E-state index in [2.05, 4.69) is 57.5 Å². The minimum Gasteiger partial charge on any atom is -0.480 e. The number of guanidine groups is 1. The van der Waals surface area contributed by atoms with E-state index in [9.17, 15) is 63.3 Å². The molecule has 2 rings (SSSR count). The predicted octanol–water partition coefficient (Wildman–Crippen LogP) is -5.56. The number of nitrogens with one attached hydrogen (secondary N) is 9. The van der Waals surface area contributed by atoms with E-state index in [4.69, 9.17) is 22.9 Å². The van der Waals surface area contributed by atoms with Gasteiger partial charge in [0.2, 0.25) is 53.2 Å². The van der Waals surface area contributed by atoms with Crippen LogP contribution in [0.4, 0.5) is 0 Å². The zero-order chi connectivity index (χ0) is 58.8. The number of carboxylic acid groups (broad SMARTS) is 1. The maximum absolute atomic E-state index is 14.2. The van der Waals surface area contributed by atoms with Crippen molar-refractivity contribution < 1.29 is 63.3 Å². The first-order chi connectivity index (χ1) is 36.7. The zero-order valence-electron chi connectivity index (χ0n) is 45.1. The molecule has 0 fully saturated rings. The summed E-state index contributed by atoms with van der Waals surface area (Å²) < 4.78 is 0. The third kappa shape index (κ3) is 22.8. The van der Waals surface area contributed by atoms with Gasteiger partial charge in [-0.05, 0) is 51.0 Å². The van der Waals surface area contributed by atoms with Crippen LogP contribution in [0.1, 0.15) is 79.0 Å². The van der Waals surface area contributed by atoms with Gasteiger partial charge >= 0.3 is 5.97 Å². The average Bonchev–Trinajstić information content (AvgIpc) is 3.90. The number of aromatic nitrogens is 2. The van der Waals surface area contributed by atoms with Crippen LogP contribution in [-0.2, 0) is 60.8 Å². The van der Waals surface area contributed by atoms with Crippen LogP contribution in [0.25, 0.3) is 0 Å². The van der Waals surface area contributed by atoms with Crippen molar-refractivity contribution in [1.82, 2.24) is 57.4 Å². The number of amides is 9. The van der Waals surface area contributed by atoms with Crippen LogP contribution in [0.5, 0.6) is 0 Å². The fourth-order valence-electron chi connectivity index (χ4n) is 7.48. The van der Waals surface area contributed by atoms with Crippen molar-refractivity contribution in [2.75, 3.05) is 32.7 Å². The molecule has 434 valence electrons. The van der Waals surface area contributed by atoms with E-state index in [1.54, 1.807) is 58.0 Å². The summed E-state index contributed by atoms with van der Waals surface area (Å²) in [6, 6.07) is -2.60. The molecule has 0 aliphatic rings. The van der Waals surface area contributed by atoms with E-state index in [0.29, 0.717) is 24.1 Å². The average molecular weight is 1100 g/mol. The Morgan fingerprint density at radius 2 is 1.27 bits per heavy atom. The summed E-state index contributed by atoms with van der Waals surface area (Å²) in [5, 5.41) is 50.7. The zero-order valence-corrected chi connectivity index (χ0v) is 45.1. The van der Waals surface area contributed by atoms with Gasteiger partial charge in [0, 0.05) is 44.4 Å². The Labute approximate surface area is 452 Å². The molecule has 0 saturated carbocycles. The Balaban J connectivity index is 2.26. The number of rotatable bonds is 34. The van der Waals surface area contributed by atoms with Crippen molar-refractivity contribution in [1.29, 1.82) is 0 Å². The molecule has 0 saturated heterocycles. The van der Waals surface area contributed by atoms with Gasteiger partial charge in [-0.25, -0.2) is 9.78 Å². The predicted molar refractivity (Wildman–Crippen MR) is 283 cm³/mol. The lowest BCUT2D eigenvalue weighted by atomic mass is 9.96.